The normalized spacial score (nSPS) is 13.9. The number of aryl methyl sites for hydroxylation is 1. The number of hydrogen-bond acceptors (Lipinski definition) is 2. The molecular weight excluding hydrogens is 231 g/mol. The van der Waals surface area contributed by atoms with Crippen LogP contribution in [0.15, 0.2) is 12.4 Å². The minimum atomic E-state index is -4.10. The van der Waals surface area contributed by atoms with Crippen molar-refractivity contribution in [2.24, 2.45) is 7.05 Å². The highest BCUT2D eigenvalue weighted by molar-refractivity contribution is 5.10. The van der Waals surface area contributed by atoms with E-state index in [-0.39, 0.29) is 12.5 Å². The maximum atomic E-state index is 12.2. The summed E-state index contributed by atoms with van der Waals surface area (Å²) in [5.41, 5.74) is 0.810. The first-order valence-electron chi connectivity index (χ1n) is 5.71. The van der Waals surface area contributed by atoms with Gasteiger partial charge < -0.3 is 5.32 Å². The summed E-state index contributed by atoms with van der Waals surface area (Å²) in [6.45, 7) is 2.69. The van der Waals surface area contributed by atoms with Gasteiger partial charge in [-0.05, 0) is 19.4 Å². The lowest BCUT2D eigenvalue weighted by atomic mass is 10.1. The van der Waals surface area contributed by atoms with Gasteiger partial charge in [-0.15, -0.1) is 0 Å². The molecule has 3 nitrogen and oxygen atoms in total. The third kappa shape index (κ3) is 5.21. The van der Waals surface area contributed by atoms with Gasteiger partial charge in [-0.2, -0.15) is 18.3 Å². The molecule has 1 heterocycles. The van der Waals surface area contributed by atoms with E-state index in [9.17, 15) is 13.2 Å². The van der Waals surface area contributed by atoms with E-state index in [2.05, 4.69) is 10.4 Å². The highest BCUT2D eigenvalue weighted by Crippen LogP contribution is 2.27. The van der Waals surface area contributed by atoms with Gasteiger partial charge in [0.05, 0.1) is 6.20 Å². The van der Waals surface area contributed by atoms with E-state index in [0.29, 0.717) is 6.54 Å². The van der Waals surface area contributed by atoms with E-state index in [1.807, 2.05) is 6.92 Å². The van der Waals surface area contributed by atoms with Gasteiger partial charge >= 0.3 is 6.18 Å². The zero-order chi connectivity index (χ0) is 12.9. The molecule has 0 aliphatic rings. The van der Waals surface area contributed by atoms with Gasteiger partial charge in [0.15, 0.2) is 0 Å². The van der Waals surface area contributed by atoms with Gasteiger partial charge in [0.25, 0.3) is 0 Å². The van der Waals surface area contributed by atoms with Crippen molar-refractivity contribution in [1.29, 1.82) is 0 Å². The molecule has 0 aromatic carbocycles. The minimum absolute atomic E-state index is 0.0508. The third-order valence-electron chi connectivity index (χ3n) is 2.48. The lowest BCUT2D eigenvalue weighted by Gasteiger charge is -2.17. The van der Waals surface area contributed by atoms with Crippen LogP contribution >= 0.6 is 0 Å². The second-order valence-corrected chi connectivity index (χ2v) is 4.11. The molecule has 1 unspecified atom stereocenters. The molecule has 0 aliphatic carbocycles. The van der Waals surface area contributed by atoms with Crippen LogP contribution in [0, 0.1) is 0 Å². The highest BCUT2D eigenvalue weighted by atomic mass is 19.4. The smallest absolute Gasteiger partial charge is 0.310 e. The Hall–Kier alpha value is -1.04. The number of nitrogens with one attached hydrogen (secondary N) is 1. The van der Waals surface area contributed by atoms with Crippen LogP contribution in [0.4, 0.5) is 13.2 Å². The summed E-state index contributed by atoms with van der Waals surface area (Å²) in [5, 5.41) is 7.10. The van der Waals surface area contributed by atoms with E-state index in [1.54, 1.807) is 24.1 Å². The van der Waals surface area contributed by atoms with Crippen LogP contribution < -0.4 is 5.32 Å². The molecule has 0 spiro atoms. The highest BCUT2D eigenvalue weighted by Gasteiger charge is 2.28. The SMILES string of the molecule is CCCNC(CCC(F)(F)F)c1cnn(C)c1. The fourth-order valence-electron chi connectivity index (χ4n) is 1.63. The second-order valence-electron chi connectivity index (χ2n) is 4.11. The fraction of sp³-hybridized carbons (Fsp3) is 0.727. The monoisotopic (exact) mass is 249 g/mol. The fourth-order valence-corrected chi connectivity index (χ4v) is 1.63. The van der Waals surface area contributed by atoms with Crippen molar-refractivity contribution in [2.75, 3.05) is 6.54 Å². The Labute approximate surface area is 99.0 Å². The lowest BCUT2D eigenvalue weighted by Crippen LogP contribution is -2.23. The first kappa shape index (κ1) is 14.0. The Morgan fingerprint density at radius 1 is 1.47 bits per heavy atom. The van der Waals surface area contributed by atoms with Gasteiger partial charge in [0.2, 0.25) is 0 Å². The summed E-state index contributed by atoms with van der Waals surface area (Å²) < 4.78 is 38.2. The van der Waals surface area contributed by atoms with Crippen molar-refractivity contribution >= 4 is 0 Å². The van der Waals surface area contributed by atoms with Gasteiger partial charge in [-0.1, -0.05) is 6.92 Å². The zero-order valence-corrected chi connectivity index (χ0v) is 10.1. The molecule has 1 aromatic heterocycles. The average Bonchev–Trinajstić information content (AvgIpc) is 2.63. The van der Waals surface area contributed by atoms with Crippen LogP contribution in [-0.2, 0) is 7.05 Å². The van der Waals surface area contributed by atoms with Gasteiger partial charge in [0, 0.05) is 31.3 Å². The Balaban J connectivity index is 2.60. The Morgan fingerprint density at radius 2 is 2.18 bits per heavy atom. The molecule has 0 radical (unpaired) electrons. The predicted molar refractivity (Wildman–Crippen MR) is 59.5 cm³/mol. The summed E-state index contributed by atoms with van der Waals surface area (Å²) in [5.74, 6) is 0. The van der Waals surface area contributed by atoms with Crippen molar-refractivity contribution in [3.63, 3.8) is 0 Å². The van der Waals surface area contributed by atoms with E-state index in [4.69, 9.17) is 0 Å². The van der Waals surface area contributed by atoms with E-state index in [0.717, 1.165) is 12.0 Å². The molecule has 17 heavy (non-hydrogen) atoms. The average molecular weight is 249 g/mol. The molecule has 98 valence electrons. The number of aromatic nitrogens is 2. The molecule has 0 fully saturated rings. The lowest BCUT2D eigenvalue weighted by molar-refractivity contribution is -0.136. The Morgan fingerprint density at radius 3 is 2.65 bits per heavy atom. The standard InChI is InChI=1S/C11H18F3N3/c1-3-6-15-10(4-5-11(12,13)14)9-7-16-17(2)8-9/h7-8,10,15H,3-6H2,1-2H3. The number of nitrogens with zero attached hydrogens (tertiary/aromatic N) is 2. The summed E-state index contributed by atoms with van der Waals surface area (Å²) >= 11 is 0. The topological polar surface area (TPSA) is 29.9 Å². The maximum absolute atomic E-state index is 12.2. The molecule has 1 aromatic rings. The van der Waals surface area contributed by atoms with Crippen LogP contribution in [0.2, 0.25) is 0 Å². The van der Waals surface area contributed by atoms with E-state index in [1.165, 1.54) is 0 Å². The number of hydrogen-bond donors (Lipinski definition) is 1. The largest absolute Gasteiger partial charge is 0.389 e. The number of halogens is 3. The summed E-state index contributed by atoms with van der Waals surface area (Å²) in [6, 6.07) is -0.273. The van der Waals surface area contributed by atoms with Crippen LogP contribution in [0.25, 0.3) is 0 Å². The molecule has 0 aliphatic heterocycles. The van der Waals surface area contributed by atoms with Crippen LogP contribution in [0.1, 0.15) is 37.8 Å². The van der Waals surface area contributed by atoms with Crippen LogP contribution in [-0.4, -0.2) is 22.5 Å². The molecule has 0 saturated heterocycles. The predicted octanol–water partition coefficient (Wildman–Crippen LogP) is 2.80. The molecule has 1 rings (SSSR count). The van der Waals surface area contributed by atoms with Gasteiger partial charge in [0.1, 0.15) is 0 Å². The van der Waals surface area contributed by atoms with Crippen molar-refractivity contribution in [3.8, 4) is 0 Å². The number of alkyl halides is 3. The molecule has 0 saturated carbocycles. The molecule has 1 N–H and O–H groups in total. The quantitative estimate of drug-likeness (QED) is 0.840. The Kier molecular flexibility index (Phi) is 4.99. The Bertz CT molecular complexity index is 333. The second kappa shape index (κ2) is 6.05. The molecular formula is C11H18F3N3. The van der Waals surface area contributed by atoms with Crippen molar-refractivity contribution in [1.82, 2.24) is 15.1 Å². The van der Waals surface area contributed by atoms with Crippen LogP contribution in [0.3, 0.4) is 0 Å². The molecule has 0 amide bonds. The summed E-state index contributed by atoms with van der Waals surface area (Å²) in [7, 11) is 1.75. The summed E-state index contributed by atoms with van der Waals surface area (Å²) in [4.78, 5) is 0. The molecule has 1 atom stereocenters. The summed E-state index contributed by atoms with van der Waals surface area (Å²) in [6.07, 6.45) is -0.566. The zero-order valence-electron chi connectivity index (χ0n) is 10.1. The van der Waals surface area contributed by atoms with Crippen molar-refractivity contribution in [3.05, 3.63) is 18.0 Å². The first-order chi connectivity index (χ1) is 7.92. The van der Waals surface area contributed by atoms with Crippen molar-refractivity contribution in [2.45, 2.75) is 38.4 Å². The third-order valence-corrected chi connectivity index (χ3v) is 2.48. The molecule has 0 bridgehead atoms. The number of rotatable bonds is 6. The van der Waals surface area contributed by atoms with Crippen molar-refractivity contribution < 1.29 is 13.2 Å². The van der Waals surface area contributed by atoms with Gasteiger partial charge in [-0.25, -0.2) is 0 Å². The molecule has 6 heteroatoms. The first-order valence-corrected chi connectivity index (χ1v) is 5.71. The maximum Gasteiger partial charge on any atom is 0.389 e. The minimum Gasteiger partial charge on any atom is -0.310 e. The van der Waals surface area contributed by atoms with E-state index >= 15 is 0 Å². The van der Waals surface area contributed by atoms with E-state index < -0.39 is 12.6 Å². The van der Waals surface area contributed by atoms with Gasteiger partial charge in [-0.3, -0.25) is 4.68 Å². The van der Waals surface area contributed by atoms with Crippen LogP contribution in [0.5, 0.6) is 0 Å².